The summed E-state index contributed by atoms with van der Waals surface area (Å²) in [6.45, 7) is 1.94. The highest BCUT2D eigenvalue weighted by Gasteiger charge is 2.35. The zero-order valence-electron chi connectivity index (χ0n) is 20.6. The molecule has 0 spiro atoms. The number of carbonyl (C=O) groups excluding carboxylic acids is 3. The van der Waals surface area contributed by atoms with Crippen molar-refractivity contribution in [2.75, 3.05) is 11.5 Å². The molecule has 1 atom stereocenters. The Morgan fingerprint density at radius 2 is 1.73 bits per heavy atom. The van der Waals surface area contributed by atoms with Crippen molar-refractivity contribution in [3.8, 4) is 0 Å². The van der Waals surface area contributed by atoms with E-state index < -0.39 is 23.7 Å². The molecule has 1 unspecified atom stereocenters. The summed E-state index contributed by atoms with van der Waals surface area (Å²) in [6.07, 6.45) is 9.03. The number of benzene rings is 2. The third-order valence-corrected chi connectivity index (χ3v) is 6.30. The zero-order chi connectivity index (χ0) is 26.2. The van der Waals surface area contributed by atoms with Crippen molar-refractivity contribution in [3.63, 3.8) is 0 Å². The Morgan fingerprint density at radius 1 is 1.03 bits per heavy atom. The van der Waals surface area contributed by atoms with E-state index in [0.717, 1.165) is 32.1 Å². The highest BCUT2D eigenvalue weighted by atomic mass is 19.1. The molecule has 1 aliphatic rings. The van der Waals surface area contributed by atoms with Gasteiger partial charge >= 0.3 is 5.97 Å². The molecule has 1 saturated carbocycles. The predicted octanol–water partition coefficient (Wildman–Crippen LogP) is 4.63. The number of aromatic nitrogens is 2. The summed E-state index contributed by atoms with van der Waals surface area (Å²) in [5.41, 5.74) is 1.13. The fourth-order valence-electron chi connectivity index (χ4n) is 4.48. The number of hydrogen-bond acceptors (Lipinski definition) is 6. The van der Waals surface area contributed by atoms with Gasteiger partial charge in [0.1, 0.15) is 17.6 Å². The smallest absolute Gasteiger partial charge is 0.338 e. The third-order valence-electron chi connectivity index (χ3n) is 6.30. The monoisotopic (exact) mass is 504 g/mol. The van der Waals surface area contributed by atoms with Crippen LogP contribution in [0.4, 0.5) is 10.1 Å². The van der Waals surface area contributed by atoms with Gasteiger partial charge in [0.15, 0.2) is 0 Å². The van der Waals surface area contributed by atoms with Gasteiger partial charge in [0.25, 0.3) is 5.91 Å². The summed E-state index contributed by atoms with van der Waals surface area (Å²) in [4.78, 5) is 49.3. The molecule has 0 aliphatic heterocycles. The van der Waals surface area contributed by atoms with E-state index in [1.54, 1.807) is 19.1 Å². The van der Waals surface area contributed by atoms with Gasteiger partial charge in [-0.15, -0.1) is 0 Å². The Hall–Kier alpha value is -4.14. The molecule has 1 heterocycles. The van der Waals surface area contributed by atoms with Crippen molar-refractivity contribution in [1.29, 1.82) is 0 Å². The molecule has 192 valence electrons. The van der Waals surface area contributed by atoms with Crippen LogP contribution in [0.25, 0.3) is 0 Å². The van der Waals surface area contributed by atoms with Crippen LogP contribution in [-0.4, -0.2) is 40.4 Å². The topological polar surface area (TPSA) is 101 Å². The lowest BCUT2D eigenvalue weighted by Crippen LogP contribution is -2.47. The molecule has 9 heteroatoms. The standard InChI is InChI=1S/C28H29FN4O4/c1-2-37-28(36)20-10-14-23(15-11-20)33(27(35)24-18-30-16-17-31-24)25(19-8-12-21(29)13-9-19)26(34)32-22-6-4-3-5-7-22/h8-18,22,25H,2-7H2,1H3,(H,32,34). The zero-order valence-corrected chi connectivity index (χ0v) is 20.6. The Bertz CT molecular complexity index is 1210. The number of nitrogens with one attached hydrogen (secondary N) is 1. The maximum absolute atomic E-state index is 13.8. The van der Waals surface area contributed by atoms with Gasteiger partial charge < -0.3 is 10.1 Å². The molecule has 1 aromatic heterocycles. The Morgan fingerprint density at radius 3 is 2.35 bits per heavy atom. The molecule has 2 amide bonds. The van der Waals surface area contributed by atoms with Crippen LogP contribution >= 0.6 is 0 Å². The number of rotatable bonds is 8. The number of halogens is 1. The Labute approximate surface area is 214 Å². The maximum Gasteiger partial charge on any atom is 0.338 e. The second-order valence-electron chi connectivity index (χ2n) is 8.83. The van der Waals surface area contributed by atoms with Crippen molar-refractivity contribution in [2.45, 2.75) is 51.1 Å². The van der Waals surface area contributed by atoms with Crippen LogP contribution in [0.2, 0.25) is 0 Å². The van der Waals surface area contributed by atoms with Crippen LogP contribution in [0.3, 0.4) is 0 Å². The first-order chi connectivity index (χ1) is 18.0. The van der Waals surface area contributed by atoms with Crippen LogP contribution < -0.4 is 10.2 Å². The summed E-state index contributed by atoms with van der Waals surface area (Å²) < 4.78 is 18.9. The molecule has 2 aromatic carbocycles. The summed E-state index contributed by atoms with van der Waals surface area (Å²) in [7, 11) is 0. The van der Waals surface area contributed by atoms with Gasteiger partial charge in [-0.05, 0) is 61.7 Å². The van der Waals surface area contributed by atoms with Crippen LogP contribution in [0.1, 0.15) is 71.5 Å². The minimum atomic E-state index is -1.12. The molecular formula is C28H29FN4O4. The van der Waals surface area contributed by atoms with Crippen molar-refractivity contribution >= 4 is 23.5 Å². The maximum atomic E-state index is 13.8. The lowest BCUT2D eigenvalue weighted by atomic mass is 9.94. The first-order valence-corrected chi connectivity index (χ1v) is 12.4. The fraction of sp³-hybridized carbons (Fsp3) is 0.321. The van der Waals surface area contributed by atoms with Crippen molar-refractivity contribution in [1.82, 2.24) is 15.3 Å². The van der Waals surface area contributed by atoms with Gasteiger partial charge in [-0.2, -0.15) is 0 Å². The van der Waals surface area contributed by atoms with E-state index in [-0.39, 0.29) is 24.2 Å². The van der Waals surface area contributed by atoms with Gasteiger partial charge in [-0.3, -0.25) is 19.5 Å². The van der Waals surface area contributed by atoms with Crippen molar-refractivity contribution < 1.29 is 23.5 Å². The number of amides is 2. The molecule has 37 heavy (non-hydrogen) atoms. The number of anilines is 1. The lowest BCUT2D eigenvalue weighted by Gasteiger charge is -2.33. The summed E-state index contributed by atoms with van der Waals surface area (Å²) in [6, 6.07) is 10.6. The highest BCUT2D eigenvalue weighted by Crippen LogP contribution is 2.31. The highest BCUT2D eigenvalue weighted by molar-refractivity contribution is 6.09. The van der Waals surface area contributed by atoms with Crippen LogP contribution in [0, 0.1) is 5.82 Å². The average Bonchev–Trinajstić information content (AvgIpc) is 2.93. The molecule has 3 aromatic rings. The third kappa shape index (κ3) is 6.35. The van der Waals surface area contributed by atoms with E-state index in [1.165, 1.54) is 59.9 Å². The summed E-state index contributed by atoms with van der Waals surface area (Å²) in [5.74, 6) is -1.90. The van der Waals surface area contributed by atoms with Crippen LogP contribution in [-0.2, 0) is 9.53 Å². The van der Waals surface area contributed by atoms with Crippen molar-refractivity contribution in [3.05, 3.63) is 89.8 Å². The van der Waals surface area contributed by atoms with E-state index in [1.807, 2.05) is 0 Å². The molecular weight excluding hydrogens is 475 g/mol. The largest absolute Gasteiger partial charge is 0.462 e. The van der Waals surface area contributed by atoms with E-state index in [0.29, 0.717) is 16.8 Å². The first-order valence-electron chi connectivity index (χ1n) is 12.4. The molecule has 0 bridgehead atoms. The van der Waals surface area contributed by atoms with E-state index in [2.05, 4.69) is 15.3 Å². The van der Waals surface area contributed by atoms with Gasteiger partial charge in [-0.25, -0.2) is 14.2 Å². The number of carbonyl (C=O) groups is 3. The van der Waals surface area contributed by atoms with Crippen LogP contribution in [0.5, 0.6) is 0 Å². The minimum absolute atomic E-state index is 0.0103. The van der Waals surface area contributed by atoms with Gasteiger partial charge in [-0.1, -0.05) is 31.4 Å². The fourth-order valence-corrected chi connectivity index (χ4v) is 4.48. The van der Waals surface area contributed by atoms with Gasteiger partial charge in [0.05, 0.1) is 18.4 Å². The number of ether oxygens (including phenoxy) is 1. The molecule has 1 aliphatic carbocycles. The molecule has 1 fully saturated rings. The van der Waals surface area contributed by atoms with E-state index in [4.69, 9.17) is 4.74 Å². The lowest BCUT2D eigenvalue weighted by molar-refractivity contribution is -0.123. The minimum Gasteiger partial charge on any atom is -0.462 e. The molecule has 4 rings (SSSR count). The molecule has 0 saturated heterocycles. The second kappa shape index (κ2) is 12.2. The number of hydrogen-bond donors (Lipinski definition) is 1. The van der Waals surface area contributed by atoms with Gasteiger partial charge in [0.2, 0.25) is 5.91 Å². The first kappa shape index (κ1) is 25.9. The summed E-state index contributed by atoms with van der Waals surface area (Å²) >= 11 is 0. The predicted molar refractivity (Wildman–Crippen MR) is 135 cm³/mol. The quantitative estimate of drug-likeness (QED) is 0.449. The number of nitrogens with zero attached hydrogens (tertiary/aromatic N) is 3. The van der Waals surface area contributed by atoms with E-state index >= 15 is 0 Å². The Kier molecular flexibility index (Phi) is 8.56. The SMILES string of the molecule is CCOC(=O)c1ccc(N(C(=O)c2cnccn2)C(C(=O)NC2CCCCC2)c2ccc(F)cc2)cc1. The number of esters is 1. The summed E-state index contributed by atoms with van der Waals surface area (Å²) in [5, 5.41) is 3.10. The molecule has 0 radical (unpaired) electrons. The molecule has 8 nitrogen and oxygen atoms in total. The normalized spacial score (nSPS) is 14.4. The Balaban J connectivity index is 1.78. The van der Waals surface area contributed by atoms with E-state index in [9.17, 15) is 18.8 Å². The second-order valence-corrected chi connectivity index (χ2v) is 8.83. The average molecular weight is 505 g/mol. The van der Waals surface area contributed by atoms with Crippen molar-refractivity contribution in [2.24, 2.45) is 0 Å². The molecule has 1 N–H and O–H groups in total. The van der Waals surface area contributed by atoms with Gasteiger partial charge in [0, 0.05) is 24.1 Å². The van der Waals surface area contributed by atoms with Crippen LogP contribution in [0.15, 0.2) is 67.1 Å².